The van der Waals surface area contributed by atoms with Crippen LogP contribution in [0.4, 0.5) is 5.69 Å². The minimum Gasteiger partial charge on any atom is -0.497 e. The van der Waals surface area contributed by atoms with Gasteiger partial charge in [0.1, 0.15) is 11.5 Å². The highest BCUT2D eigenvalue weighted by atomic mass is 79.9. The molecule has 0 bridgehead atoms. The van der Waals surface area contributed by atoms with Crippen LogP contribution in [-0.4, -0.2) is 31.1 Å². The van der Waals surface area contributed by atoms with E-state index in [-0.39, 0.29) is 5.75 Å². The van der Waals surface area contributed by atoms with E-state index in [0.29, 0.717) is 27.0 Å². The number of hydrogen-bond donors (Lipinski definition) is 2. The third kappa shape index (κ3) is 6.26. The van der Waals surface area contributed by atoms with Crippen molar-refractivity contribution >= 4 is 45.6 Å². The summed E-state index contributed by atoms with van der Waals surface area (Å²) >= 11 is 3.34. The SMILES string of the molecule is COc1cccc(NC(=O)C(=O)N/N=C/c2cc(Br)ccc2OC(=O)c2ccccc2)c1. The molecule has 8 nitrogen and oxygen atoms in total. The predicted molar refractivity (Wildman–Crippen MR) is 123 cm³/mol. The fraction of sp³-hybridized carbons (Fsp3) is 0.0435. The summed E-state index contributed by atoms with van der Waals surface area (Å²) in [4.78, 5) is 36.4. The number of benzene rings is 3. The van der Waals surface area contributed by atoms with Crippen molar-refractivity contribution in [3.8, 4) is 11.5 Å². The van der Waals surface area contributed by atoms with E-state index in [9.17, 15) is 14.4 Å². The van der Waals surface area contributed by atoms with E-state index in [1.54, 1.807) is 72.8 Å². The third-order valence-corrected chi connectivity index (χ3v) is 4.58. The Labute approximate surface area is 192 Å². The van der Waals surface area contributed by atoms with Crippen molar-refractivity contribution in [2.45, 2.75) is 0 Å². The molecule has 0 radical (unpaired) electrons. The van der Waals surface area contributed by atoms with Gasteiger partial charge in [-0.15, -0.1) is 0 Å². The number of ether oxygens (including phenoxy) is 2. The van der Waals surface area contributed by atoms with Crippen LogP contribution in [0.25, 0.3) is 0 Å². The van der Waals surface area contributed by atoms with Crippen LogP contribution in [0.5, 0.6) is 11.5 Å². The molecule has 0 heterocycles. The minimum atomic E-state index is -0.970. The Morgan fingerprint density at radius 1 is 0.938 bits per heavy atom. The van der Waals surface area contributed by atoms with Gasteiger partial charge < -0.3 is 14.8 Å². The average Bonchev–Trinajstić information content (AvgIpc) is 2.81. The smallest absolute Gasteiger partial charge is 0.343 e. The molecule has 0 spiro atoms. The number of anilines is 1. The molecule has 0 aliphatic rings. The molecule has 0 saturated heterocycles. The molecule has 0 aliphatic carbocycles. The highest BCUT2D eigenvalue weighted by Gasteiger charge is 2.14. The van der Waals surface area contributed by atoms with Crippen LogP contribution in [0.3, 0.4) is 0 Å². The molecule has 3 aromatic rings. The zero-order valence-corrected chi connectivity index (χ0v) is 18.5. The summed E-state index contributed by atoms with van der Waals surface area (Å²) in [6, 6.07) is 20.0. The molecule has 0 saturated carbocycles. The first-order valence-electron chi connectivity index (χ1n) is 9.31. The molecule has 32 heavy (non-hydrogen) atoms. The highest BCUT2D eigenvalue weighted by molar-refractivity contribution is 9.10. The Bertz CT molecular complexity index is 1170. The maximum atomic E-state index is 12.3. The molecule has 0 unspecified atom stereocenters. The van der Waals surface area contributed by atoms with Crippen LogP contribution in [-0.2, 0) is 9.59 Å². The molecule has 0 aliphatic heterocycles. The first-order valence-corrected chi connectivity index (χ1v) is 10.1. The predicted octanol–water partition coefficient (Wildman–Crippen LogP) is 3.77. The van der Waals surface area contributed by atoms with Crippen molar-refractivity contribution in [2.75, 3.05) is 12.4 Å². The summed E-state index contributed by atoms with van der Waals surface area (Å²) in [5.74, 6) is -1.64. The number of hydrogen-bond acceptors (Lipinski definition) is 6. The highest BCUT2D eigenvalue weighted by Crippen LogP contribution is 2.23. The molecular formula is C23H18BrN3O5. The number of amides is 2. The van der Waals surface area contributed by atoms with E-state index in [0.717, 1.165) is 0 Å². The van der Waals surface area contributed by atoms with Gasteiger partial charge in [-0.05, 0) is 42.5 Å². The van der Waals surface area contributed by atoms with Crippen LogP contribution in [0.1, 0.15) is 15.9 Å². The van der Waals surface area contributed by atoms with Crippen molar-refractivity contribution in [2.24, 2.45) is 5.10 Å². The number of carbonyl (C=O) groups excluding carboxylic acids is 3. The van der Waals surface area contributed by atoms with Gasteiger partial charge in [0.05, 0.1) is 18.9 Å². The Morgan fingerprint density at radius 3 is 2.47 bits per heavy atom. The molecule has 0 aromatic heterocycles. The quantitative estimate of drug-likeness (QED) is 0.178. The largest absolute Gasteiger partial charge is 0.497 e. The van der Waals surface area contributed by atoms with E-state index in [1.807, 2.05) is 0 Å². The summed E-state index contributed by atoms with van der Waals surface area (Å²) in [6.07, 6.45) is 1.27. The van der Waals surface area contributed by atoms with Gasteiger partial charge in [-0.1, -0.05) is 40.2 Å². The third-order valence-electron chi connectivity index (χ3n) is 4.09. The maximum Gasteiger partial charge on any atom is 0.343 e. The van der Waals surface area contributed by atoms with E-state index < -0.39 is 17.8 Å². The lowest BCUT2D eigenvalue weighted by molar-refractivity contribution is -0.136. The summed E-state index contributed by atoms with van der Waals surface area (Å²) in [5, 5.41) is 6.25. The Morgan fingerprint density at radius 2 is 1.72 bits per heavy atom. The zero-order chi connectivity index (χ0) is 22.9. The number of nitrogens with one attached hydrogen (secondary N) is 2. The second kappa shape index (κ2) is 10.9. The van der Waals surface area contributed by atoms with Gasteiger partial charge in [0.15, 0.2) is 0 Å². The lowest BCUT2D eigenvalue weighted by atomic mass is 10.2. The van der Waals surface area contributed by atoms with Gasteiger partial charge in [-0.3, -0.25) is 9.59 Å². The normalized spacial score (nSPS) is 10.4. The number of nitrogens with zero attached hydrogens (tertiary/aromatic N) is 1. The van der Waals surface area contributed by atoms with E-state index in [1.165, 1.54) is 13.3 Å². The van der Waals surface area contributed by atoms with Crippen molar-refractivity contribution in [1.29, 1.82) is 0 Å². The number of halogens is 1. The number of esters is 1. The molecule has 162 valence electrons. The van der Waals surface area contributed by atoms with Gasteiger partial charge in [0.2, 0.25) is 0 Å². The Kier molecular flexibility index (Phi) is 7.71. The molecule has 3 rings (SSSR count). The van der Waals surface area contributed by atoms with Crippen LogP contribution in [0, 0.1) is 0 Å². The molecule has 3 aromatic carbocycles. The Hall–Kier alpha value is -3.98. The summed E-state index contributed by atoms with van der Waals surface area (Å²) in [5.41, 5.74) is 3.35. The molecule has 0 fully saturated rings. The zero-order valence-electron chi connectivity index (χ0n) is 16.9. The van der Waals surface area contributed by atoms with Crippen LogP contribution >= 0.6 is 15.9 Å². The topological polar surface area (TPSA) is 106 Å². The molecule has 2 amide bonds. The van der Waals surface area contributed by atoms with Crippen molar-refractivity contribution in [3.63, 3.8) is 0 Å². The lowest BCUT2D eigenvalue weighted by Gasteiger charge is -2.08. The fourth-order valence-electron chi connectivity index (χ4n) is 2.55. The van der Waals surface area contributed by atoms with E-state index in [4.69, 9.17) is 9.47 Å². The van der Waals surface area contributed by atoms with Gasteiger partial charge in [0.25, 0.3) is 0 Å². The number of carbonyl (C=O) groups is 3. The number of hydrazone groups is 1. The van der Waals surface area contributed by atoms with Gasteiger partial charge in [-0.2, -0.15) is 5.10 Å². The van der Waals surface area contributed by atoms with Crippen LogP contribution < -0.4 is 20.2 Å². The minimum absolute atomic E-state index is 0.237. The molecule has 2 N–H and O–H groups in total. The Balaban J connectivity index is 1.65. The van der Waals surface area contributed by atoms with Crippen LogP contribution in [0.2, 0.25) is 0 Å². The van der Waals surface area contributed by atoms with Crippen molar-refractivity contribution in [3.05, 3.63) is 88.4 Å². The average molecular weight is 496 g/mol. The summed E-state index contributed by atoms with van der Waals surface area (Å²) in [7, 11) is 1.50. The van der Waals surface area contributed by atoms with Gasteiger partial charge >= 0.3 is 17.8 Å². The first kappa shape index (κ1) is 22.7. The molecule has 9 heteroatoms. The molecular weight excluding hydrogens is 478 g/mol. The van der Waals surface area contributed by atoms with E-state index in [2.05, 4.69) is 31.8 Å². The molecule has 0 atom stereocenters. The number of rotatable bonds is 6. The lowest BCUT2D eigenvalue weighted by Crippen LogP contribution is -2.32. The van der Waals surface area contributed by atoms with Crippen molar-refractivity contribution in [1.82, 2.24) is 5.43 Å². The summed E-state index contributed by atoms with van der Waals surface area (Å²) < 4.78 is 11.2. The first-order chi connectivity index (χ1) is 15.5. The van der Waals surface area contributed by atoms with E-state index >= 15 is 0 Å². The standard InChI is InChI=1S/C23H18BrN3O5/c1-31-19-9-5-8-18(13-19)26-21(28)22(29)27-25-14-16-12-17(24)10-11-20(16)32-23(30)15-6-3-2-4-7-15/h2-14H,1H3,(H,26,28)(H,27,29)/b25-14+. The fourth-order valence-corrected chi connectivity index (χ4v) is 2.92. The monoisotopic (exact) mass is 495 g/mol. The second-order valence-corrected chi connectivity index (χ2v) is 7.24. The van der Waals surface area contributed by atoms with Crippen molar-refractivity contribution < 1.29 is 23.9 Å². The van der Waals surface area contributed by atoms with Gasteiger partial charge in [-0.25, -0.2) is 10.2 Å². The number of methoxy groups -OCH3 is 1. The summed E-state index contributed by atoms with van der Waals surface area (Å²) in [6.45, 7) is 0. The van der Waals surface area contributed by atoms with Gasteiger partial charge in [0, 0.05) is 21.8 Å². The maximum absolute atomic E-state index is 12.3. The van der Waals surface area contributed by atoms with Crippen LogP contribution in [0.15, 0.2) is 82.4 Å². The second-order valence-electron chi connectivity index (χ2n) is 6.32.